The Morgan fingerprint density at radius 3 is 2.24 bits per heavy atom. The maximum absolute atomic E-state index is 12.8. The molecule has 4 rings (SSSR count). The number of hydrogen-bond donors (Lipinski definition) is 3. The van der Waals surface area contributed by atoms with E-state index in [9.17, 15) is 18.0 Å². The van der Waals surface area contributed by atoms with Crippen molar-refractivity contribution in [2.24, 2.45) is 0 Å². The zero-order valence-electron chi connectivity index (χ0n) is 18.3. The lowest BCUT2D eigenvalue weighted by atomic mass is 9.88. The van der Waals surface area contributed by atoms with Crippen LogP contribution in [0, 0.1) is 6.92 Å². The molecule has 34 heavy (non-hydrogen) atoms. The molecule has 0 bridgehead atoms. The number of carboxylic acid groups (broad SMARTS) is 1. The third kappa shape index (κ3) is 5.98. The van der Waals surface area contributed by atoms with E-state index in [4.69, 9.17) is 9.90 Å². The number of halogens is 3. The van der Waals surface area contributed by atoms with Crippen molar-refractivity contribution < 1.29 is 27.9 Å². The molecule has 2 heterocycles. The van der Waals surface area contributed by atoms with Crippen LogP contribution >= 0.6 is 0 Å². The monoisotopic (exact) mass is 475 g/mol. The minimum Gasteiger partial charge on any atom is -0.475 e. The van der Waals surface area contributed by atoms with Gasteiger partial charge in [0.2, 0.25) is 5.91 Å². The summed E-state index contributed by atoms with van der Waals surface area (Å²) in [6.07, 6.45) is -3.99. The molecule has 3 N–H and O–H groups in total. The number of rotatable bonds is 5. The molecule has 11 heteroatoms. The number of carboxylic acids is 1. The van der Waals surface area contributed by atoms with E-state index >= 15 is 0 Å². The number of para-hydroxylation sites is 1. The van der Waals surface area contributed by atoms with Crippen molar-refractivity contribution in [3.05, 3.63) is 77.6 Å². The molecular formula is C23H24F3N5O3. The minimum atomic E-state index is -5.08. The molecule has 1 unspecified atom stereocenters. The Morgan fingerprint density at radius 1 is 1.12 bits per heavy atom. The molecule has 0 radical (unpaired) electrons. The molecule has 1 fully saturated rings. The van der Waals surface area contributed by atoms with Gasteiger partial charge in [-0.1, -0.05) is 53.7 Å². The summed E-state index contributed by atoms with van der Waals surface area (Å²) >= 11 is 0. The summed E-state index contributed by atoms with van der Waals surface area (Å²) in [6.45, 7) is 3.57. The number of aromatic nitrogens is 3. The fourth-order valence-corrected chi connectivity index (χ4v) is 3.68. The van der Waals surface area contributed by atoms with Gasteiger partial charge >= 0.3 is 12.1 Å². The van der Waals surface area contributed by atoms with E-state index in [2.05, 4.69) is 33.1 Å². The first-order chi connectivity index (χ1) is 16.1. The standard InChI is InChI=1S/C21H23N5O.C2HF3O2/c1-16-19(24-25-26(16)18-10-6-3-7-11-18)14-20(27)23-21(12-13-22-15-21)17-8-4-2-5-9-17;3-2(4,5)1(6)7/h2-11,22H,12-15H2,1H3,(H,23,27);(H,6,7). The van der Waals surface area contributed by atoms with E-state index in [1.807, 2.05) is 55.5 Å². The molecule has 1 atom stereocenters. The Labute approximate surface area is 193 Å². The van der Waals surface area contributed by atoms with Crippen molar-refractivity contribution in [2.75, 3.05) is 13.1 Å². The van der Waals surface area contributed by atoms with Crippen LogP contribution in [0.25, 0.3) is 5.69 Å². The fraction of sp³-hybridized carbons (Fsp3) is 0.304. The van der Waals surface area contributed by atoms with Crippen molar-refractivity contribution in [1.82, 2.24) is 25.6 Å². The van der Waals surface area contributed by atoms with Gasteiger partial charge in [0.05, 0.1) is 29.0 Å². The maximum atomic E-state index is 12.8. The highest BCUT2D eigenvalue weighted by atomic mass is 19.4. The molecule has 1 saturated heterocycles. The molecule has 8 nitrogen and oxygen atoms in total. The van der Waals surface area contributed by atoms with Gasteiger partial charge in [-0.25, -0.2) is 9.48 Å². The van der Waals surface area contributed by atoms with Crippen LogP contribution in [0.3, 0.4) is 0 Å². The van der Waals surface area contributed by atoms with E-state index in [-0.39, 0.29) is 17.9 Å². The average Bonchev–Trinajstić information content (AvgIpc) is 3.42. The lowest BCUT2D eigenvalue weighted by Gasteiger charge is -2.30. The van der Waals surface area contributed by atoms with E-state index < -0.39 is 12.1 Å². The highest BCUT2D eigenvalue weighted by Gasteiger charge is 2.38. The maximum Gasteiger partial charge on any atom is 0.490 e. The number of alkyl halides is 3. The molecular weight excluding hydrogens is 451 g/mol. The molecule has 1 aliphatic rings. The highest BCUT2D eigenvalue weighted by Crippen LogP contribution is 2.28. The molecule has 1 aromatic heterocycles. The van der Waals surface area contributed by atoms with Crippen LogP contribution in [0.15, 0.2) is 60.7 Å². The molecule has 0 saturated carbocycles. The zero-order chi connectivity index (χ0) is 24.8. The highest BCUT2D eigenvalue weighted by molar-refractivity contribution is 5.79. The number of amides is 1. The van der Waals surface area contributed by atoms with Crippen LogP contribution in [-0.2, 0) is 21.5 Å². The average molecular weight is 475 g/mol. The Hall–Kier alpha value is -3.73. The first kappa shape index (κ1) is 24.9. The van der Waals surface area contributed by atoms with Gasteiger partial charge in [0.25, 0.3) is 0 Å². The van der Waals surface area contributed by atoms with Crippen molar-refractivity contribution in [3.8, 4) is 5.69 Å². The predicted molar refractivity (Wildman–Crippen MR) is 117 cm³/mol. The summed E-state index contributed by atoms with van der Waals surface area (Å²) in [5, 5.41) is 22.2. The Balaban J connectivity index is 0.000000406. The van der Waals surface area contributed by atoms with E-state index in [1.54, 1.807) is 4.68 Å². The van der Waals surface area contributed by atoms with Gasteiger partial charge in [0, 0.05) is 6.54 Å². The molecule has 0 spiro atoms. The predicted octanol–water partition coefficient (Wildman–Crippen LogP) is 2.76. The normalized spacial score (nSPS) is 17.5. The largest absolute Gasteiger partial charge is 0.490 e. The minimum absolute atomic E-state index is 0.0363. The van der Waals surface area contributed by atoms with Gasteiger partial charge in [0.15, 0.2) is 0 Å². The number of carbonyl (C=O) groups is 2. The Bertz CT molecular complexity index is 1110. The first-order valence-corrected chi connectivity index (χ1v) is 10.5. The van der Waals surface area contributed by atoms with Crippen LogP contribution in [0.5, 0.6) is 0 Å². The third-order valence-electron chi connectivity index (χ3n) is 5.42. The van der Waals surface area contributed by atoms with Crippen molar-refractivity contribution in [3.63, 3.8) is 0 Å². The molecule has 1 amide bonds. The smallest absolute Gasteiger partial charge is 0.475 e. The molecule has 0 aliphatic carbocycles. The number of nitrogens with one attached hydrogen (secondary N) is 2. The second kappa shape index (κ2) is 10.5. The number of aliphatic carboxylic acids is 1. The van der Waals surface area contributed by atoms with Crippen LogP contribution < -0.4 is 10.6 Å². The molecule has 1 aliphatic heterocycles. The van der Waals surface area contributed by atoms with Crippen LogP contribution in [-0.4, -0.2) is 51.2 Å². The summed E-state index contributed by atoms with van der Waals surface area (Å²) in [5.74, 6) is -2.79. The topological polar surface area (TPSA) is 109 Å². The van der Waals surface area contributed by atoms with E-state index in [1.165, 1.54) is 0 Å². The van der Waals surface area contributed by atoms with Gasteiger partial charge in [-0.15, -0.1) is 5.10 Å². The summed E-state index contributed by atoms with van der Waals surface area (Å²) in [5.41, 5.74) is 3.30. The summed E-state index contributed by atoms with van der Waals surface area (Å²) < 4.78 is 33.5. The zero-order valence-corrected chi connectivity index (χ0v) is 18.3. The van der Waals surface area contributed by atoms with Crippen molar-refractivity contribution in [1.29, 1.82) is 0 Å². The van der Waals surface area contributed by atoms with Crippen LogP contribution in [0.1, 0.15) is 23.4 Å². The van der Waals surface area contributed by atoms with Crippen molar-refractivity contribution >= 4 is 11.9 Å². The SMILES string of the molecule is Cc1c(CC(=O)NC2(c3ccccc3)CCNC2)nnn1-c1ccccc1.O=C(O)C(F)(F)F. The van der Waals surface area contributed by atoms with Gasteiger partial charge in [-0.2, -0.15) is 13.2 Å². The quantitative estimate of drug-likeness (QED) is 0.524. The molecule has 3 aromatic rings. The number of hydrogen-bond acceptors (Lipinski definition) is 5. The second-order valence-corrected chi connectivity index (χ2v) is 7.77. The van der Waals surface area contributed by atoms with Crippen LogP contribution in [0.4, 0.5) is 13.2 Å². The molecule has 180 valence electrons. The summed E-state index contributed by atoms with van der Waals surface area (Å²) in [7, 11) is 0. The van der Waals surface area contributed by atoms with Gasteiger partial charge in [-0.3, -0.25) is 4.79 Å². The summed E-state index contributed by atoms with van der Waals surface area (Å²) in [4.78, 5) is 21.7. The Kier molecular flexibility index (Phi) is 7.67. The van der Waals surface area contributed by atoms with Gasteiger partial charge in [-0.05, 0) is 37.6 Å². The van der Waals surface area contributed by atoms with Gasteiger partial charge < -0.3 is 15.7 Å². The Morgan fingerprint density at radius 2 is 1.71 bits per heavy atom. The number of benzene rings is 2. The lowest BCUT2D eigenvalue weighted by molar-refractivity contribution is -0.192. The second-order valence-electron chi connectivity index (χ2n) is 7.77. The van der Waals surface area contributed by atoms with Crippen molar-refractivity contribution in [2.45, 2.75) is 31.5 Å². The molecule has 2 aromatic carbocycles. The fourth-order valence-electron chi connectivity index (χ4n) is 3.68. The number of carbonyl (C=O) groups excluding carboxylic acids is 1. The van der Waals surface area contributed by atoms with E-state index in [0.29, 0.717) is 5.69 Å². The van der Waals surface area contributed by atoms with E-state index in [0.717, 1.165) is 36.5 Å². The third-order valence-corrected chi connectivity index (χ3v) is 5.42. The lowest BCUT2D eigenvalue weighted by Crippen LogP contribution is -2.48. The first-order valence-electron chi connectivity index (χ1n) is 10.5. The number of nitrogens with zero attached hydrogens (tertiary/aromatic N) is 3. The summed E-state index contributed by atoms with van der Waals surface area (Å²) in [6, 6.07) is 20.0. The van der Waals surface area contributed by atoms with Crippen LogP contribution in [0.2, 0.25) is 0 Å². The van der Waals surface area contributed by atoms with Gasteiger partial charge in [0.1, 0.15) is 0 Å².